The molecule has 0 aliphatic heterocycles. The topological polar surface area (TPSA) is 39.9 Å². The molecular formula is C9H8IN3O. The van der Waals surface area contributed by atoms with Gasteiger partial charge in [0.2, 0.25) is 0 Å². The molecule has 2 rings (SSSR count). The summed E-state index contributed by atoms with van der Waals surface area (Å²) in [7, 11) is 1.56. The van der Waals surface area contributed by atoms with Crippen molar-refractivity contribution in [3.63, 3.8) is 0 Å². The van der Waals surface area contributed by atoms with Gasteiger partial charge in [-0.1, -0.05) is 18.2 Å². The van der Waals surface area contributed by atoms with Crippen molar-refractivity contribution >= 4 is 22.6 Å². The summed E-state index contributed by atoms with van der Waals surface area (Å²) >= 11 is 2.12. The van der Waals surface area contributed by atoms with Gasteiger partial charge in [-0.25, -0.2) is 4.68 Å². The molecular weight excluding hydrogens is 293 g/mol. The van der Waals surface area contributed by atoms with Gasteiger partial charge < -0.3 is 4.74 Å². The first kappa shape index (κ1) is 9.45. The zero-order valence-corrected chi connectivity index (χ0v) is 9.67. The first-order valence-electron chi connectivity index (χ1n) is 4.03. The minimum Gasteiger partial charge on any atom is -0.466 e. The number of hydrogen-bond acceptors (Lipinski definition) is 3. The number of ether oxygens (including phenoxy) is 1. The minimum atomic E-state index is 0.387. The summed E-state index contributed by atoms with van der Waals surface area (Å²) in [5.74, 6) is 0. The standard InChI is InChI=1S/C9H8IN3O/c1-14-9-11-8(10)13(12-9)7-5-3-2-4-6-7/h2-6H,1H3. The van der Waals surface area contributed by atoms with E-state index in [9.17, 15) is 0 Å². The van der Waals surface area contributed by atoms with E-state index in [2.05, 4.69) is 32.7 Å². The van der Waals surface area contributed by atoms with Crippen molar-refractivity contribution in [2.75, 3.05) is 7.11 Å². The maximum absolute atomic E-state index is 4.95. The van der Waals surface area contributed by atoms with Crippen LogP contribution in [0, 0.1) is 3.83 Å². The van der Waals surface area contributed by atoms with Gasteiger partial charge in [-0.15, -0.1) is 5.10 Å². The van der Waals surface area contributed by atoms with Crippen LogP contribution in [0.5, 0.6) is 6.01 Å². The molecule has 0 saturated carbocycles. The van der Waals surface area contributed by atoms with Crippen LogP contribution in [0.4, 0.5) is 0 Å². The van der Waals surface area contributed by atoms with Crippen molar-refractivity contribution in [3.05, 3.63) is 34.2 Å². The van der Waals surface area contributed by atoms with Crippen LogP contribution in [-0.4, -0.2) is 21.9 Å². The number of rotatable bonds is 2. The molecule has 5 heteroatoms. The van der Waals surface area contributed by atoms with E-state index in [0.717, 1.165) is 9.52 Å². The Morgan fingerprint density at radius 3 is 2.57 bits per heavy atom. The van der Waals surface area contributed by atoms with Gasteiger partial charge in [-0.2, -0.15) is 4.98 Å². The van der Waals surface area contributed by atoms with E-state index in [1.165, 1.54) is 0 Å². The Morgan fingerprint density at radius 2 is 2.00 bits per heavy atom. The molecule has 0 amide bonds. The summed E-state index contributed by atoms with van der Waals surface area (Å²) in [4.78, 5) is 4.12. The summed E-state index contributed by atoms with van der Waals surface area (Å²) in [6.07, 6.45) is 0. The van der Waals surface area contributed by atoms with Crippen LogP contribution in [-0.2, 0) is 0 Å². The summed E-state index contributed by atoms with van der Waals surface area (Å²) in [5.41, 5.74) is 0.979. The Kier molecular flexibility index (Phi) is 2.67. The lowest BCUT2D eigenvalue weighted by Gasteiger charge is -1.99. The van der Waals surface area contributed by atoms with Gasteiger partial charge >= 0.3 is 6.01 Å². The number of hydrogen-bond donors (Lipinski definition) is 0. The second kappa shape index (κ2) is 3.95. The molecule has 2 aromatic rings. The fourth-order valence-corrected chi connectivity index (χ4v) is 1.69. The van der Waals surface area contributed by atoms with Crippen molar-refractivity contribution in [3.8, 4) is 11.7 Å². The largest absolute Gasteiger partial charge is 0.466 e. The highest BCUT2D eigenvalue weighted by Crippen LogP contribution is 2.13. The summed E-state index contributed by atoms with van der Waals surface area (Å²) in [6, 6.07) is 10.2. The van der Waals surface area contributed by atoms with E-state index in [4.69, 9.17) is 4.74 Å². The smallest absolute Gasteiger partial charge is 0.336 e. The molecule has 0 spiro atoms. The van der Waals surface area contributed by atoms with E-state index < -0.39 is 0 Å². The molecule has 0 fully saturated rings. The van der Waals surface area contributed by atoms with E-state index in [-0.39, 0.29) is 0 Å². The molecule has 0 saturated heterocycles. The summed E-state index contributed by atoms with van der Waals surface area (Å²) in [5, 5.41) is 4.17. The van der Waals surface area contributed by atoms with Gasteiger partial charge in [-0.05, 0) is 12.1 Å². The third-order valence-electron chi connectivity index (χ3n) is 1.73. The van der Waals surface area contributed by atoms with E-state index in [0.29, 0.717) is 6.01 Å². The summed E-state index contributed by atoms with van der Waals surface area (Å²) in [6.45, 7) is 0. The molecule has 0 N–H and O–H groups in total. The van der Waals surface area contributed by atoms with Crippen LogP contribution in [0.3, 0.4) is 0 Å². The average molecular weight is 301 g/mol. The van der Waals surface area contributed by atoms with E-state index in [1.54, 1.807) is 11.8 Å². The molecule has 0 radical (unpaired) electrons. The molecule has 0 aliphatic carbocycles. The Morgan fingerprint density at radius 1 is 1.29 bits per heavy atom. The Bertz CT molecular complexity index is 427. The minimum absolute atomic E-state index is 0.387. The Labute approximate surface area is 95.1 Å². The first-order valence-corrected chi connectivity index (χ1v) is 5.11. The fourth-order valence-electron chi connectivity index (χ4n) is 1.10. The van der Waals surface area contributed by atoms with Crippen LogP contribution in [0.2, 0.25) is 0 Å². The van der Waals surface area contributed by atoms with Crippen molar-refractivity contribution in [2.24, 2.45) is 0 Å². The first-order chi connectivity index (χ1) is 6.81. The van der Waals surface area contributed by atoms with Crippen molar-refractivity contribution < 1.29 is 4.74 Å². The quantitative estimate of drug-likeness (QED) is 0.795. The molecule has 1 aromatic carbocycles. The predicted octanol–water partition coefficient (Wildman–Crippen LogP) is 1.88. The van der Waals surface area contributed by atoms with Crippen molar-refractivity contribution in [2.45, 2.75) is 0 Å². The second-order valence-electron chi connectivity index (χ2n) is 2.61. The molecule has 0 aliphatic rings. The molecule has 4 nitrogen and oxygen atoms in total. The maximum atomic E-state index is 4.95. The number of methoxy groups -OCH3 is 1. The van der Waals surface area contributed by atoms with E-state index in [1.807, 2.05) is 30.3 Å². The zero-order valence-electron chi connectivity index (χ0n) is 7.51. The van der Waals surface area contributed by atoms with Gasteiger partial charge in [0.1, 0.15) is 0 Å². The van der Waals surface area contributed by atoms with Gasteiger partial charge in [0.05, 0.1) is 12.8 Å². The third-order valence-corrected chi connectivity index (χ3v) is 2.43. The highest BCUT2D eigenvalue weighted by atomic mass is 127. The highest BCUT2D eigenvalue weighted by molar-refractivity contribution is 14.1. The molecule has 1 aromatic heterocycles. The van der Waals surface area contributed by atoms with E-state index >= 15 is 0 Å². The molecule has 72 valence electrons. The van der Waals surface area contributed by atoms with Crippen molar-refractivity contribution in [1.82, 2.24) is 14.8 Å². The SMILES string of the molecule is COc1nc(I)n(-c2ccccc2)n1. The second-order valence-corrected chi connectivity index (χ2v) is 3.58. The number of benzene rings is 1. The van der Waals surface area contributed by atoms with Gasteiger partial charge in [0, 0.05) is 22.6 Å². The fraction of sp³-hybridized carbons (Fsp3) is 0.111. The van der Waals surface area contributed by atoms with Crippen LogP contribution < -0.4 is 4.74 Å². The van der Waals surface area contributed by atoms with Gasteiger partial charge in [0.15, 0.2) is 3.83 Å². The third kappa shape index (κ3) is 1.72. The van der Waals surface area contributed by atoms with Crippen LogP contribution in [0.25, 0.3) is 5.69 Å². The Balaban J connectivity index is 2.46. The lowest BCUT2D eigenvalue weighted by atomic mass is 10.3. The Hall–Kier alpha value is -1.11. The van der Waals surface area contributed by atoms with Crippen LogP contribution in [0.15, 0.2) is 30.3 Å². The monoisotopic (exact) mass is 301 g/mol. The van der Waals surface area contributed by atoms with Crippen LogP contribution >= 0.6 is 22.6 Å². The molecule has 14 heavy (non-hydrogen) atoms. The van der Waals surface area contributed by atoms with Crippen molar-refractivity contribution in [1.29, 1.82) is 0 Å². The number of nitrogens with zero attached hydrogens (tertiary/aromatic N) is 3. The molecule has 0 unspecified atom stereocenters. The molecule has 0 atom stereocenters. The number of para-hydroxylation sites is 1. The summed E-state index contributed by atoms with van der Waals surface area (Å²) < 4.78 is 7.47. The molecule has 1 heterocycles. The lowest BCUT2D eigenvalue weighted by Crippen LogP contribution is -1.98. The predicted molar refractivity (Wildman–Crippen MR) is 60.6 cm³/mol. The van der Waals surface area contributed by atoms with Gasteiger partial charge in [-0.3, -0.25) is 0 Å². The van der Waals surface area contributed by atoms with Crippen LogP contribution in [0.1, 0.15) is 0 Å². The molecule has 0 bridgehead atoms. The average Bonchev–Trinajstić information content (AvgIpc) is 2.61. The zero-order chi connectivity index (χ0) is 9.97. The lowest BCUT2D eigenvalue weighted by molar-refractivity contribution is 0.379. The number of aromatic nitrogens is 3. The normalized spacial score (nSPS) is 10.1. The highest BCUT2D eigenvalue weighted by Gasteiger charge is 2.07. The number of halogens is 1. The maximum Gasteiger partial charge on any atom is 0.336 e. The van der Waals surface area contributed by atoms with Gasteiger partial charge in [0.25, 0.3) is 0 Å².